The summed E-state index contributed by atoms with van der Waals surface area (Å²) in [7, 11) is 1.68. The number of benzene rings is 1. The van der Waals surface area contributed by atoms with Crippen LogP contribution in [0.5, 0.6) is 5.75 Å². The van der Waals surface area contributed by atoms with Gasteiger partial charge in [0.15, 0.2) is 0 Å². The fourth-order valence-corrected chi connectivity index (χ4v) is 2.20. The van der Waals surface area contributed by atoms with Crippen molar-refractivity contribution in [1.82, 2.24) is 9.71 Å². The second-order valence-electron chi connectivity index (χ2n) is 3.82. The standard InChI is InChI=1S/C14H16N2OS/c1-17-14-6-4-12(5-7-14)10-16-18-11-13-3-2-8-15-9-13/h2-9,16H,10-11H2,1H3. The zero-order chi connectivity index (χ0) is 12.6. The lowest BCUT2D eigenvalue weighted by molar-refractivity contribution is 0.414. The lowest BCUT2D eigenvalue weighted by atomic mass is 10.2. The Morgan fingerprint density at radius 1 is 1.17 bits per heavy atom. The van der Waals surface area contributed by atoms with E-state index in [1.54, 1.807) is 25.3 Å². The highest BCUT2D eigenvalue weighted by molar-refractivity contribution is 7.96. The molecule has 3 nitrogen and oxygen atoms in total. The molecule has 0 atom stereocenters. The lowest BCUT2D eigenvalue weighted by Gasteiger charge is -2.05. The van der Waals surface area contributed by atoms with Gasteiger partial charge in [-0.25, -0.2) is 0 Å². The summed E-state index contributed by atoms with van der Waals surface area (Å²) >= 11 is 1.69. The minimum Gasteiger partial charge on any atom is -0.497 e. The van der Waals surface area contributed by atoms with Gasteiger partial charge in [0.2, 0.25) is 0 Å². The number of nitrogens with one attached hydrogen (secondary N) is 1. The van der Waals surface area contributed by atoms with Crippen LogP contribution in [0, 0.1) is 0 Å². The van der Waals surface area contributed by atoms with E-state index in [1.807, 2.05) is 24.4 Å². The normalized spacial score (nSPS) is 10.3. The number of methoxy groups -OCH3 is 1. The molecule has 1 aromatic carbocycles. The third-order valence-electron chi connectivity index (χ3n) is 2.50. The summed E-state index contributed by atoms with van der Waals surface area (Å²) in [6.45, 7) is 0.842. The van der Waals surface area contributed by atoms with E-state index in [0.717, 1.165) is 18.0 Å². The zero-order valence-corrected chi connectivity index (χ0v) is 11.1. The minimum atomic E-state index is 0.842. The van der Waals surface area contributed by atoms with Gasteiger partial charge in [-0.3, -0.25) is 9.71 Å². The molecule has 0 spiro atoms. The smallest absolute Gasteiger partial charge is 0.118 e. The molecule has 1 N–H and O–H groups in total. The summed E-state index contributed by atoms with van der Waals surface area (Å²) in [6, 6.07) is 12.1. The molecular weight excluding hydrogens is 244 g/mol. The van der Waals surface area contributed by atoms with Gasteiger partial charge in [0.1, 0.15) is 5.75 Å². The average Bonchev–Trinajstić information content (AvgIpc) is 2.45. The molecule has 0 bridgehead atoms. The van der Waals surface area contributed by atoms with Crippen LogP contribution in [-0.2, 0) is 12.3 Å². The second-order valence-corrected chi connectivity index (χ2v) is 4.69. The van der Waals surface area contributed by atoms with Gasteiger partial charge in [-0.1, -0.05) is 30.1 Å². The molecule has 0 aliphatic heterocycles. The maximum Gasteiger partial charge on any atom is 0.118 e. The first-order chi connectivity index (χ1) is 8.88. The number of nitrogens with zero attached hydrogens (tertiary/aromatic N) is 1. The van der Waals surface area contributed by atoms with E-state index in [4.69, 9.17) is 4.74 Å². The van der Waals surface area contributed by atoms with Crippen LogP contribution in [0.4, 0.5) is 0 Å². The van der Waals surface area contributed by atoms with Crippen LogP contribution in [0.1, 0.15) is 11.1 Å². The number of rotatable bonds is 6. The number of ether oxygens (including phenoxy) is 1. The Hall–Kier alpha value is -1.52. The Labute approximate surface area is 112 Å². The first kappa shape index (κ1) is 12.9. The molecule has 0 fully saturated rings. The molecule has 1 heterocycles. The van der Waals surface area contributed by atoms with Crippen molar-refractivity contribution in [1.29, 1.82) is 0 Å². The molecule has 0 saturated carbocycles. The Morgan fingerprint density at radius 3 is 2.67 bits per heavy atom. The van der Waals surface area contributed by atoms with Crippen molar-refractivity contribution in [2.75, 3.05) is 7.11 Å². The molecular formula is C14H16N2OS. The number of aromatic nitrogens is 1. The summed E-state index contributed by atoms with van der Waals surface area (Å²) in [5, 5.41) is 0. The van der Waals surface area contributed by atoms with Crippen molar-refractivity contribution in [3.8, 4) is 5.75 Å². The second kappa shape index (κ2) is 7.03. The molecule has 2 aromatic rings. The predicted molar refractivity (Wildman–Crippen MR) is 75.4 cm³/mol. The Balaban J connectivity index is 1.72. The zero-order valence-electron chi connectivity index (χ0n) is 10.3. The van der Waals surface area contributed by atoms with Crippen molar-refractivity contribution in [3.63, 3.8) is 0 Å². The molecule has 0 saturated heterocycles. The monoisotopic (exact) mass is 260 g/mol. The fourth-order valence-electron chi connectivity index (χ4n) is 1.50. The average molecular weight is 260 g/mol. The van der Waals surface area contributed by atoms with E-state index >= 15 is 0 Å². The van der Waals surface area contributed by atoms with Crippen molar-refractivity contribution in [2.24, 2.45) is 0 Å². The van der Waals surface area contributed by atoms with Gasteiger partial charge in [0.05, 0.1) is 7.11 Å². The topological polar surface area (TPSA) is 34.1 Å². The van der Waals surface area contributed by atoms with E-state index in [-0.39, 0.29) is 0 Å². The molecule has 0 radical (unpaired) electrons. The van der Waals surface area contributed by atoms with Gasteiger partial charge in [-0.05, 0) is 29.3 Å². The lowest BCUT2D eigenvalue weighted by Crippen LogP contribution is -2.03. The van der Waals surface area contributed by atoms with Gasteiger partial charge in [0, 0.05) is 24.7 Å². The van der Waals surface area contributed by atoms with E-state index in [1.165, 1.54) is 11.1 Å². The highest BCUT2D eigenvalue weighted by Gasteiger charge is 1.95. The highest BCUT2D eigenvalue weighted by atomic mass is 32.2. The third kappa shape index (κ3) is 4.05. The minimum absolute atomic E-state index is 0.842. The van der Waals surface area contributed by atoms with Crippen molar-refractivity contribution in [3.05, 3.63) is 59.9 Å². The molecule has 0 unspecified atom stereocenters. The molecule has 94 valence electrons. The third-order valence-corrected chi connectivity index (χ3v) is 3.33. The first-order valence-electron chi connectivity index (χ1n) is 5.75. The molecule has 18 heavy (non-hydrogen) atoms. The van der Waals surface area contributed by atoms with Crippen LogP contribution in [0.2, 0.25) is 0 Å². The molecule has 1 aromatic heterocycles. The van der Waals surface area contributed by atoms with Crippen molar-refractivity contribution < 1.29 is 4.74 Å². The van der Waals surface area contributed by atoms with Crippen molar-refractivity contribution >= 4 is 11.9 Å². The van der Waals surface area contributed by atoms with Gasteiger partial charge < -0.3 is 4.74 Å². The maximum absolute atomic E-state index is 5.12. The molecule has 0 aliphatic rings. The molecule has 4 heteroatoms. The Morgan fingerprint density at radius 2 is 2.00 bits per heavy atom. The maximum atomic E-state index is 5.12. The molecule has 0 aliphatic carbocycles. The van der Waals surface area contributed by atoms with Gasteiger partial charge in [-0.15, -0.1) is 0 Å². The van der Waals surface area contributed by atoms with Crippen LogP contribution in [0.15, 0.2) is 48.8 Å². The fraction of sp³-hybridized carbons (Fsp3) is 0.214. The molecule has 0 amide bonds. The number of pyridine rings is 1. The van der Waals surface area contributed by atoms with Crippen LogP contribution in [-0.4, -0.2) is 12.1 Å². The van der Waals surface area contributed by atoms with Gasteiger partial charge in [-0.2, -0.15) is 0 Å². The van der Waals surface area contributed by atoms with E-state index in [9.17, 15) is 0 Å². The largest absolute Gasteiger partial charge is 0.497 e. The molecule has 2 rings (SSSR count). The summed E-state index contributed by atoms with van der Waals surface area (Å²) in [6.07, 6.45) is 3.68. The van der Waals surface area contributed by atoms with E-state index in [2.05, 4.69) is 27.9 Å². The summed E-state index contributed by atoms with van der Waals surface area (Å²) < 4.78 is 8.46. The van der Waals surface area contributed by atoms with Gasteiger partial charge in [0.25, 0.3) is 0 Å². The van der Waals surface area contributed by atoms with E-state index in [0.29, 0.717) is 0 Å². The van der Waals surface area contributed by atoms with Crippen molar-refractivity contribution in [2.45, 2.75) is 12.3 Å². The van der Waals surface area contributed by atoms with Crippen LogP contribution in [0.25, 0.3) is 0 Å². The quantitative estimate of drug-likeness (QED) is 0.639. The van der Waals surface area contributed by atoms with E-state index < -0.39 is 0 Å². The highest BCUT2D eigenvalue weighted by Crippen LogP contribution is 2.13. The predicted octanol–water partition coefficient (Wildman–Crippen LogP) is 3.03. The Bertz CT molecular complexity index is 459. The SMILES string of the molecule is COc1ccc(CNSCc2cccnc2)cc1. The summed E-state index contributed by atoms with van der Waals surface area (Å²) in [5.41, 5.74) is 2.47. The van der Waals surface area contributed by atoms with Crippen LogP contribution < -0.4 is 9.46 Å². The summed E-state index contributed by atoms with van der Waals surface area (Å²) in [4.78, 5) is 4.09. The number of hydrogen-bond acceptors (Lipinski definition) is 4. The van der Waals surface area contributed by atoms with Gasteiger partial charge >= 0.3 is 0 Å². The summed E-state index contributed by atoms with van der Waals surface area (Å²) in [5.74, 6) is 1.81. The number of hydrogen-bond donors (Lipinski definition) is 1. The van der Waals surface area contributed by atoms with Crippen LogP contribution >= 0.6 is 11.9 Å². The van der Waals surface area contributed by atoms with Crippen LogP contribution in [0.3, 0.4) is 0 Å². The Kier molecular flexibility index (Phi) is 5.05. The first-order valence-corrected chi connectivity index (χ1v) is 6.73.